The van der Waals surface area contributed by atoms with Crippen molar-refractivity contribution in [2.24, 2.45) is 0 Å². The van der Waals surface area contributed by atoms with Crippen molar-refractivity contribution in [2.75, 3.05) is 11.5 Å². The molecular formula is C6H8N2O2S. The predicted molar refractivity (Wildman–Crippen MR) is 41.3 cm³/mol. The number of rotatable bonds is 1. The first-order valence-corrected chi connectivity index (χ1v) is 4.35. The van der Waals surface area contributed by atoms with E-state index in [4.69, 9.17) is 10.4 Å². The number of carboxylic acids is 1. The Kier molecular flexibility index (Phi) is 2.74. The third-order valence-corrected chi connectivity index (χ3v) is 2.56. The SMILES string of the molecule is N#CC1CSC[C@H](C(=O)O)N1. The van der Waals surface area contributed by atoms with Gasteiger partial charge in [0, 0.05) is 11.5 Å². The maximum Gasteiger partial charge on any atom is 0.321 e. The quantitative estimate of drug-likeness (QED) is 0.566. The van der Waals surface area contributed by atoms with Crippen molar-refractivity contribution in [2.45, 2.75) is 12.1 Å². The first-order valence-electron chi connectivity index (χ1n) is 3.20. The summed E-state index contributed by atoms with van der Waals surface area (Å²) < 4.78 is 0. The van der Waals surface area contributed by atoms with Crippen molar-refractivity contribution in [3.63, 3.8) is 0 Å². The zero-order chi connectivity index (χ0) is 8.27. The number of nitrogens with one attached hydrogen (secondary N) is 1. The van der Waals surface area contributed by atoms with Gasteiger partial charge in [0.2, 0.25) is 0 Å². The van der Waals surface area contributed by atoms with Crippen LogP contribution in [-0.2, 0) is 4.79 Å². The standard InChI is InChI=1S/C6H8N2O2S/c7-1-4-2-11-3-5(8-4)6(9)10/h4-5,8H,2-3H2,(H,9,10)/t4?,5-/m1/s1. The maximum atomic E-state index is 10.4. The van der Waals surface area contributed by atoms with Gasteiger partial charge < -0.3 is 5.11 Å². The molecule has 2 N–H and O–H groups in total. The van der Waals surface area contributed by atoms with Crippen molar-refractivity contribution in [3.8, 4) is 6.07 Å². The second kappa shape index (κ2) is 3.60. The molecule has 0 saturated carbocycles. The molecule has 1 fully saturated rings. The fraction of sp³-hybridized carbons (Fsp3) is 0.667. The third-order valence-electron chi connectivity index (χ3n) is 1.43. The third kappa shape index (κ3) is 2.10. The molecule has 0 amide bonds. The lowest BCUT2D eigenvalue weighted by Gasteiger charge is -2.23. The van der Waals surface area contributed by atoms with Gasteiger partial charge in [-0.05, 0) is 0 Å². The van der Waals surface area contributed by atoms with Gasteiger partial charge in [-0.2, -0.15) is 17.0 Å². The average Bonchev–Trinajstić information content (AvgIpc) is 2.05. The molecule has 60 valence electrons. The first kappa shape index (κ1) is 8.37. The van der Waals surface area contributed by atoms with E-state index in [9.17, 15) is 4.79 Å². The molecule has 1 rings (SSSR count). The van der Waals surface area contributed by atoms with Gasteiger partial charge in [-0.25, -0.2) is 0 Å². The molecule has 1 aliphatic rings. The summed E-state index contributed by atoms with van der Waals surface area (Å²) in [4.78, 5) is 10.4. The summed E-state index contributed by atoms with van der Waals surface area (Å²) in [6.45, 7) is 0. The Labute approximate surface area is 68.6 Å². The van der Waals surface area contributed by atoms with E-state index < -0.39 is 12.0 Å². The summed E-state index contributed by atoms with van der Waals surface area (Å²) in [6, 6.07) is 1.13. The van der Waals surface area contributed by atoms with Gasteiger partial charge in [-0.3, -0.25) is 10.1 Å². The smallest absolute Gasteiger partial charge is 0.321 e. The summed E-state index contributed by atoms with van der Waals surface area (Å²) in [5.74, 6) is 0.353. The van der Waals surface area contributed by atoms with E-state index in [1.807, 2.05) is 6.07 Å². The van der Waals surface area contributed by atoms with E-state index >= 15 is 0 Å². The minimum atomic E-state index is -0.877. The molecule has 0 radical (unpaired) electrons. The minimum Gasteiger partial charge on any atom is -0.480 e. The highest BCUT2D eigenvalue weighted by Gasteiger charge is 2.25. The summed E-state index contributed by atoms with van der Waals surface area (Å²) >= 11 is 1.50. The second-order valence-electron chi connectivity index (χ2n) is 2.28. The lowest BCUT2D eigenvalue weighted by atomic mass is 10.2. The molecule has 0 aromatic rings. The van der Waals surface area contributed by atoms with Gasteiger partial charge in [0.25, 0.3) is 0 Å². The molecule has 0 aromatic heterocycles. The van der Waals surface area contributed by atoms with Gasteiger partial charge in [-0.1, -0.05) is 0 Å². The minimum absolute atomic E-state index is 0.310. The van der Waals surface area contributed by atoms with Gasteiger partial charge in [0.15, 0.2) is 0 Å². The number of thioether (sulfide) groups is 1. The van der Waals surface area contributed by atoms with Crippen LogP contribution in [0.3, 0.4) is 0 Å². The molecule has 0 aliphatic carbocycles. The second-order valence-corrected chi connectivity index (χ2v) is 3.35. The number of nitriles is 1. The predicted octanol–water partition coefficient (Wildman–Crippen LogP) is -0.332. The highest BCUT2D eigenvalue weighted by atomic mass is 32.2. The van der Waals surface area contributed by atoms with Crippen LogP contribution < -0.4 is 5.32 Å². The Hall–Kier alpha value is -0.730. The fourth-order valence-electron chi connectivity index (χ4n) is 0.860. The molecule has 0 aromatic carbocycles. The zero-order valence-corrected chi connectivity index (χ0v) is 6.60. The van der Waals surface area contributed by atoms with E-state index in [1.54, 1.807) is 0 Å². The van der Waals surface area contributed by atoms with Crippen molar-refractivity contribution in [3.05, 3.63) is 0 Å². The summed E-state index contributed by atoms with van der Waals surface area (Å²) in [7, 11) is 0. The highest BCUT2D eigenvalue weighted by molar-refractivity contribution is 7.99. The molecule has 1 aliphatic heterocycles. The van der Waals surface area contributed by atoms with Crippen molar-refractivity contribution in [1.82, 2.24) is 5.32 Å². The van der Waals surface area contributed by atoms with Crippen molar-refractivity contribution in [1.29, 1.82) is 5.26 Å². The van der Waals surface area contributed by atoms with Crippen LogP contribution in [-0.4, -0.2) is 34.7 Å². The summed E-state index contributed by atoms with van der Waals surface area (Å²) in [5, 5.41) is 19.8. The van der Waals surface area contributed by atoms with Gasteiger partial charge in [-0.15, -0.1) is 0 Å². The van der Waals surface area contributed by atoms with Crippen LogP contribution in [0.4, 0.5) is 0 Å². The van der Waals surface area contributed by atoms with Crippen molar-refractivity contribution < 1.29 is 9.90 Å². The molecule has 1 heterocycles. The van der Waals surface area contributed by atoms with Crippen LogP contribution in [0.2, 0.25) is 0 Å². The molecule has 11 heavy (non-hydrogen) atoms. The molecular weight excluding hydrogens is 164 g/mol. The lowest BCUT2D eigenvalue weighted by Crippen LogP contribution is -2.48. The van der Waals surface area contributed by atoms with E-state index in [0.29, 0.717) is 11.5 Å². The largest absolute Gasteiger partial charge is 0.480 e. The number of hydrogen-bond acceptors (Lipinski definition) is 4. The van der Waals surface area contributed by atoms with Crippen LogP contribution in [0, 0.1) is 11.3 Å². The number of aliphatic carboxylic acids is 1. The molecule has 1 unspecified atom stereocenters. The van der Waals surface area contributed by atoms with E-state index in [-0.39, 0.29) is 6.04 Å². The van der Waals surface area contributed by atoms with E-state index in [0.717, 1.165) is 0 Å². The number of carboxylic acid groups (broad SMARTS) is 1. The Bertz CT molecular complexity index is 201. The molecule has 4 nitrogen and oxygen atoms in total. The van der Waals surface area contributed by atoms with Gasteiger partial charge in [0.05, 0.1) is 6.07 Å². The van der Waals surface area contributed by atoms with Crippen LogP contribution in [0.15, 0.2) is 0 Å². The Balaban J connectivity index is 2.47. The monoisotopic (exact) mass is 172 g/mol. The Morgan fingerprint density at radius 3 is 3.00 bits per heavy atom. The topological polar surface area (TPSA) is 73.1 Å². The fourth-order valence-corrected chi connectivity index (χ4v) is 1.88. The van der Waals surface area contributed by atoms with E-state index in [1.165, 1.54) is 11.8 Å². The lowest BCUT2D eigenvalue weighted by molar-refractivity contribution is -0.139. The Morgan fingerprint density at radius 2 is 2.45 bits per heavy atom. The normalized spacial score (nSPS) is 30.8. The Morgan fingerprint density at radius 1 is 1.73 bits per heavy atom. The van der Waals surface area contributed by atoms with Crippen molar-refractivity contribution >= 4 is 17.7 Å². The van der Waals surface area contributed by atoms with Crippen LogP contribution in [0.25, 0.3) is 0 Å². The molecule has 0 spiro atoms. The number of nitrogens with zero attached hydrogens (tertiary/aromatic N) is 1. The van der Waals surface area contributed by atoms with Gasteiger partial charge >= 0.3 is 5.97 Å². The molecule has 2 atom stereocenters. The average molecular weight is 172 g/mol. The summed E-state index contributed by atoms with van der Waals surface area (Å²) in [5.41, 5.74) is 0. The zero-order valence-electron chi connectivity index (χ0n) is 5.78. The highest BCUT2D eigenvalue weighted by Crippen LogP contribution is 2.11. The van der Waals surface area contributed by atoms with Crippen LogP contribution in [0.1, 0.15) is 0 Å². The first-order chi connectivity index (χ1) is 5.24. The molecule has 1 saturated heterocycles. The molecule has 5 heteroatoms. The summed E-state index contributed by atoms with van der Waals surface area (Å²) in [6.07, 6.45) is 0. The van der Waals surface area contributed by atoms with E-state index in [2.05, 4.69) is 5.32 Å². The molecule has 0 bridgehead atoms. The van der Waals surface area contributed by atoms with Crippen LogP contribution in [0.5, 0.6) is 0 Å². The maximum absolute atomic E-state index is 10.4. The van der Waals surface area contributed by atoms with Crippen LogP contribution >= 0.6 is 11.8 Å². The van der Waals surface area contributed by atoms with Gasteiger partial charge in [0.1, 0.15) is 12.1 Å². The number of carbonyl (C=O) groups is 1. The number of hydrogen-bond donors (Lipinski definition) is 2.